The maximum atomic E-state index is 11.8. The Morgan fingerprint density at radius 1 is 1.47 bits per heavy atom. The van der Waals surface area contributed by atoms with Gasteiger partial charge in [0.15, 0.2) is 0 Å². The maximum Gasteiger partial charge on any atom is 0.250 e. The zero-order valence-electron chi connectivity index (χ0n) is 9.30. The Morgan fingerprint density at radius 2 is 2.29 bits per heavy atom. The highest BCUT2D eigenvalue weighted by Crippen LogP contribution is 2.19. The first-order valence-electron chi connectivity index (χ1n) is 5.12. The summed E-state index contributed by atoms with van der Waals surface area (Å²) in [5, 5.41) is 0. The van der Waals surface area contributed by atoms with Crippen molar-refractivity contribution in [1.82, 2.24) is 14.7 Å². The molecule has 0 unspecified atom stereocenters. The van der Waals surface area contributed by atoms with E-state index in [2.05, 4.69) is 14.7 Å². The largest absolute Gasteiger partial charge is 0.349 e. The molecule has 0 aromatic carbocycles. The van der Waals surface area contributed by atoms with E-state index in [1.54, 1.807) is 24.5 Å². The van der Waals surface area contributed by atoms with Crippen LogP contribution in [-0.4, -0.2) is 24.9 Å². The zero-order valence-corrected chi connectivity index (χ0v) is 10.9. The molecule has 0 fully saturated rings. The Kier molecular flexibility index (Phi) is 3.60. The summed E-state index contributed by atoms with van der Waals surface area (Å²) >= 11 is 1.27. The zero-order chi connectivity index (χ0) is 12.3. The second-order valence-electron chi connectivity index (χ2n) is 3.55. The molecule has 7 heteroatoms. The van der Waals surface area contributed by atoms with E-state index in [0.29, 0.717) is 17.2 Å². The van der Waals surface area contributed by atoms with Crippen LogP contribution in [0.2, 0.25) is 0 Å². The Morgan fingerprint density at radius 3 is 2.88 bits per heavy atom. The number of hydrogen-bond acceptors (Lipinski definition) is 4. The molecular weight excluding hydrogens is 258 g/mol. The van der Waals surface area contributed by atoms with Gasteiger partial charge in [0, 0.05) is 30.2 Å². The molecule has 2 heterocycles. The number of aromatic nitrogens is 2. The summed E-state index contributed by atoms with van der Waals surface area (Å²) in [7, 11) is -3.37. The molecular formula is C10H13N3O2S2. The van der Waals surface area contributed by atoms with Crippen molar-refractivity contribution < 1.29 is 8.42 Å². The molecule has 2 rings (SSSR count). The van der Waals surface area contributed by atoms with Gasteiger partial charge in [0.1, 0.15) is 10.0 Å². The first-order chi connectivity index (χ1) is 8.08. The molecule has 17 heavy (non-hydrogen) atoms. The van der Waals surface area contributed by atoms with Crippen molar-refractivity contribution >= 4 is 21.4 Å². The minimum absolute atomic E-state index is 0.340. The second-order valence-corrected chi connectivity index (χ2v) is 6.83. The highest BCUT2D eigenvalue weighted by molar-refractivity contribution is 7.91. The number of aromatic amines is 1. The number of H-pyrrole nitrogens is 1. The van der Waals surface area contributed by atoms with Gasteiger partial charge in [-0.3, -0.25) is 0 Å². The van der Waals surface area contributed by atoms with E-state index in [1.165, 1.54) is 11.3 Å². The van der Waals surface area contributed by atoms with Crippen molar-refractivity contribution in [2.45, 2.75) is 17.6 Å². The molecule has 5 nitrogen and oxygen atoms in total. The van der Waals surface area contributed by atoms with Crippen LogP contribution in [0.15, 0.2) is 28.7 Å². The van der Waals surface area contributed by atoms with Crippen LogP contribution >= 0.6 is 11.3 Å². The fraction of sp³-hybridized carbons (Fsp3) is 0.300. The molecule has 92 valence electrons. The molecule has 0 aliphatic rings. The lowest BCUT2D eigenvalue weighted by Gasteiger charge is -2.02. The van der Waals surface area contributed by atoms with Crippen molar-refractivity contribution in [3.8, 4) is 0 Å². The first-order valence-corrected chi connectivity index (χ1v) is 7.42. The van der Waals surface area contributed by atoms with Gasteiger partial charge in [0.05, 0.1) is 0 Å². The third-order valence-corrected chi connectivity index (χ3v) is 5.14. The monoisotopic (exact) mass is 271 g/mol. The summed E-state index contributed by atoms with van der Waals surface area (Å²) in [6.45, 7) is 2.22. The third kappa shape index (κ3) is 3.15. The standard InChI is InChI=1S/C10H13N3O2S2/c1-8-2-3-10(16-8)17(14,15)13-5-4-9-11-6-7-12-9/h2-3,6-7,13H,4-5H2,1H3,(H,11,12). The molecule has 2 aromatic heterocycles. The fourth-order valence-electron chi connectivity index (χ4n) is 1.37. The normalized spacial score (nSPS) is 11.8. The molecule has 0 amide bonds. The van der Waals surface area contributed by atoms with Crippen molar-refractivity contribution in [2.75, 3.05) is 6.54 Å². The molecule has 0 aliphatic carbocycles. The molecule has 0 saturated heterocycles. The van der Waals surface area contributed by atoms with Crippen LogP contribution in [0.3, 0.4) is 0 Å². The molecule has 2 N–H and O–H groups in total. The Bertz CT molecular complexity index is 572. The second kappa shape index (κ2) is 4.99. The van der Waals surface area contributed by atoms with E-state index in [-0.39, 0.29) is 0 Å². The van der Waals surface area contributed by atoms with E-state index in [0.717, 1.165) is 10.7 Å². The molecule has 0 radical (unpaired) electrons. The fourth-order valence-corrected chi connectivity index (χ4v) is 3.73. The molecule has 0 bridgehead atoms. The number of imidazole rings is 1. The van der Waals surface area contributed by atoms with E-state index in [1.807, 2.05) is 6.92 Å². The number of thiophene rings is 1. The van der Waals surface area contributed by atoms with E-state index >= 15 is 0 Å². The van der Waals surface area contributed by atoms with Gasteiger partial charge in [0.25, 0.3) is 0 Å². The van der Waals surface area contributed by atoms with Gasteiger partial charge in [-0.25, -0.2) is 18.1 Å². The minimum atomic E-state index is -3.37. The number of sulfonamides is 1. The summed E-state index contributed by atoms with van der Waals surface area (Å²) in [4.78, 5) is 7.93. The maximum absolute atomic E-state index is 11.8. The van der Waals surface area contributed by atoms with E-state index in [9.17, 15) is 8.42 Å². The SMILES string of the molecule is Cc1ccc(S(=O)(=O)NCCc2ncc[nH]2)s1. The molecule has 0 spiro atoms. The number of nitrogens with one attached hydrogen (secondary N) is 2. The van der Waals surface area contributed by atoms with Gasteiger partial charge < -0.3 is 4.98 Å². The van der Waals surface area contributed by atoms with Crippen molar-refractivity contribution in [1.29, 1.82) is 0 Å². The number of aryl methyl sites for hydroxylation is 1. The summed E-state index contributed by atoms with van der Waals surface area (Å²) in [5.74, 6) is 0.773. The molecule has 0 aliphatic heterocycles. The van der Waals surface area contributed by atoms with Gasteiger partial charge in [-0.05, 0) is 19.1 Å². The lowest BCUT2D eigenvalue weighted by molar-refractivity contribution is 0.583. The molecule has 0 atom stereocenters. The quantitative estimate of drug-likeness (QED) is 0.860. The van der Waals surface area contributed by atoms with Gasteiger partial charge in [-0.1, -0.05) is 0 Å². The van der Waals surface area contributed by atoms with Crippen LogP contribution in [0.25, 0.3) is 0 Å². The Hall–Kier alpha value is -1.18. The predicted molar refractivity (Wildman–Crippen MR) is 66.5 cm³/mol. The Labute approximate surface area is 104 Å². The first kappa shape index (κ1) is 12.3. The molecule has 2 aromatic rings. The van der Waals surface area contributed by atoms with Crippen molar-refractivity contribution in [2.24, 2.45) is 0 Å². The Balaban J connectivity index is 1.94. The van der Waals surface area contributed by atoms with Crippen LogP contribution < -0.4 is 4.72 Å². The van der Waals surface area contributed by atoms with E-state index in [4.69, 9.17) is 0 Å². The van der Waals surface area contributed by atoms with Crippen molar-refractivity contribution in [3.63, 3.8) is 0 Å². The average Bonchev–Trinajstić information content (AvgIpc) is 2.89. The van der Waals surface area contributed by atoms with Gasteiger partial charge in [-0.15, -0.1) is 11.3 Å². The summed E-state index contributed by atoms with van der Waals surface area (Å²) in [6, 6.07) is 3.42. The van der Waals surface area contributed by atoms with Gasteiger partial charge in [0.2, 0.25) is 10.0 Å². The average molecular weight is 271 g/mol. The number of hydrogen-bond donors (Lipinski definition) is 2. The van der Waals surface area contributed by atoms with Crippen LogP contribution in [0.4, 0.5) is 0 Å². The van der Waals surface area contributed by atoms with Crippen LogP contribution in [0, 0.1) is 6.92 Å². The smallest absolute Gasteiger partial charge is 0.250 e. The highest BCUT2D eigenvalue weighted by atomic mass is 32.2. The number of nitrogens with zero attached hydrogens (tertiary/aromatic N) is 1. The summed E-state index contributed by atoms with van der Waals surface area (Å²) in [6.07, 6.45) is 3.91. The van der Waals surface area contributed by atoms with Crippen LogP contribution in [-0.2, 0) is 16.4 Å². The van der Waals surface area contributed by atoms with Crippen LogP contribution in [0.5, 0.6) is 0 Å². The van der Waals surface area contributed by atoms with Crippen LogP contribution in [0.1, 0.15) is 10.7 Å². The summed E-state index contributed by atoms with van der Waals surface area (Å²) in [5.41, 5.74) is 0. The van der Waals surface area contributed by atoms with Crippen molar-refractivity contribution in [3.05, 3.63) is 35.2 Å². The summed E-state index contributed by atoms with van der Waals surface area (Å²) < 4.78 is 26.6. The number of rotatable bonds is 5. The minimum Gasteiger partial charge on any atom is -0.349 e. The lowest BCUT2D eigenvalue weighted by atomic mass is 10.4. The molecule has 0 saturated carbocycles. The predicted octanol–water partition coefficient (Wildman–Crippen LogP) is 1.30. The van der Waals surface area contributed by atoms with Gasteiger partial charge >= 0.3 is 0 Å². The topological polar surface area (TPSA) is 74.8 Å². The van der Waals surface area contributed by atoms with E-state index < -0.39 is 10.0 Å². The third-order valence-electron chi connectivity index (χ3n) is 2.19. The lowest BCUT2D eigenvalue weighted by Crippen LogP contribution is -2.25. The van der Waals surface area contributed by atoms with Gasteiger partial charge in [-0.2, -0.15) is 0 Å². The highest BCUT2D eigenvalue weighted by Gasteiger charge is 2.15.